The number of nitrogens with one attached hydrogen (secondary N) is 2. The van der Waals surface area contributed by atoms with Crippen LogP contribution < -0.4 is 11.1 Å². The van der Waals surface area contributed by atoms with Crippen molar-refractivity contribution in [1.82, 2.24) is 15.1 Å². The summed E-state index contributed by atoms with van der Waals surface area (Å²) in [5.41, 5.74) is 8.38. The van der Waals surface area contributed by atoms with E-state index in [9.17, 15) is 18.0 Å². The van der Waals surface area contributed by atoms with Crippen molar-refractivity contribution in [3.05, 3.63) is 69.2 Å². The number of anilines is 2. The number of aromatic amines is 1. The highest BCUT2D eigenvalue weighted by Crippen LogP contribution is 2.40. The lowest BCUT2D eigenvalue weighted by Gasteiger charge is -2.18. The number of thiophene rings is 1. The van der Waals surface area contributed by atoms with Gasteiger partial charge in [0.25, 0.3) is 5.91 Å². The summed E-state index contributed by atoms with van der Waals surface area (Å²) < 4.78 is 41.2. The van der Waals surface area contributed by atoms with E-state index in [0.717, 1.165) is 11.6 Å². The van der Waals surface area contributed by atoms with Crippen molar-refractivity contribution in [1.29, 1.82) is 0 Å². The number of H-pyrrole nitrogens is 1. The van der Waals surface area contributed by atoms with Gasteiger partial charge in [0.15, 0.2) is 5.82 Å². The van der Waals surface area contributed by atoms with E-state index in [1.165, 1.54) is 23.5 Å². The Bertz CT molecular complexity index is 1460. The molecule has 0 aliphatic heterocycles. The van der Waals surface area contributed by atoms with Gasteiger partial charge in [0.1, 0.15) is 0 Å². The Balaban J connectivity index is 1.85. The van der Waals surface area contributed by atoms with Crippen molar-refractivity contribution in [2.75, 3.05) is 25.1 Å². The molecule has 0 fully saturated rings. The maximum absolute atomic E-state index is 13.5. The number of nitrogens with zero attached hydrogens (tertiary/aromatic N) is 2. The van der Waals surface area contributed by atoms with Crippen LogP contribution in [0.15, 0.2) is 41.9 Å². The molecule has 1 amide bonds. The molecule has 0 bridgehead atoms. The molecule has 4 N–H and O–H groups in total. The highest BCUT2D eigenvalue weighted by Gasteiger charge is 2.33. The molecule has 4 aromatic rings. The summed E-state index contributed by atoms with van der Waals surface area (Å²) in [7, 11) is 3.64. The van der Waals surface area contributed by atoms with Crippen LogP contribution in [0.4, 0.5) is 24.7 Å². The van der Waals surface area contributed by atoms with Gasteiger partial charge in [-0.25, -0.2) is 0 Å². The Morgan fingerprint density at radius 3 is 2.69 bits per heavy atom. The first kappa shape index (κ1) is 24.6. The molecular formula is C24H21ClF3N5OS. The predicted octanol–water partition coefficient (Wildman–Crippen LogP) is 6.64. The summed E-state index contributed by atoms with van der Waals surface area (Å²) in [4.78, 5) is 15.0. The largest absolute Gasteiger partial charge is 0.417 e. The number of aryl methyl sites for hydroxylation is 1. The number of alkyl halides is 3. The molecule has 2 aromatic heterocycles. The van der Waals surface area contributed by atoms with E-state index in [-0.39, 0.29) is 5.02 Å². The molecule has 35 heavy (non-hydrogen) atoms. The van der Waals surface area contributed by atoms with Crippen LogP contribution in [0, 0.1) is 6.92 Å². The second kappa shape index (κ2) is 9.27. The molecule has 2 aromatic carbocycles. The lowest BCUT2D eigenvalue weighted by atomic mass is 9.94. The number of nitrogens with two attached hydrogens (primary N) is 1. The van der Waals surface area contributed by atoms with Crippen LogP contribution in [-0.4, -0.2) is 35.1 Å². The molecule has 2 heterocycles. The van der Waals surface area contributed by atoms with Gasteiger partial charge in [0, 0.05) is 25.0 Å². The van der Waals surface area contributed by atoms with Gasteiger partial charge in [-0.05, 0) is 48.0 Å². The van der Waals surface area contributed by atoms with E-state index in [4.69, 9.17) is 17.3 Å². The number of halogens is 4. The number of carbonyl (C=O) groups is 1. The van der Waals surface area contributed by atoms with Crippen molar-refractivity contribution in [2.24, 2.45) is 0 Å². The van der Waals surface area contributed by atoms with Gasteiger partial charge in [-0.1, -0.05) is 29.8 Å². The van der Waals surface area contributed by atoms with Gasteiger partial charge in [0.2, 0.25) is 0 Å². The Kier molecular flexibility index (Phi) is 6.52. The van der Waals surface area contributed by atoms with Crippen molar-refractivity contribution in [3.8, 4) is 11.1 Å². The second-order valence-electron chi connectivity index (χ2n) is 8.11. The van der Waals surface area contributed by atoms with Gasteiger partial charge >= 0.3 is 6.18 Å². The molecule has 4 rings (SSSR count). The number of hydrogen-bond acceptors (Lipinski definition) is 5. The zero-order chi connectivity index (χ0) is 25.5. The summed E-state index contributed by atoms with van der Waals surface area (Å²) in [5.74, 6) is -0.0909. The summed E-state index contributed by atoms with van der Waals surface area (Å²) in [6.45, 7) is 1.81. The molecule has 0 radical (unpaired) electrons. The first-order valence-electron chi connectivity index (χ1n) is 10.3. The molecule has 182 valence electrons. The minimum Gasteiger partial charge on any atom is -0.383 e. The molecule has 11 heteroatoms. The molecule has 0 saturated heterocycles. The molecule has 0 aliphatic rings. The first-order chi connectivity index (χ1) is 16.5. The number of rotatable bonds is 5. The number of benzene rings is 2. The average molecular weight is 520 g/mol. The molecule has 0 saturated carbocycles. The summed E-state index contributed by atoms with van der Waals surface area (Å²) in [6, 6.07) is 7.24. The van der Waals surface area contributed by atoms with Crippen LogP contribution >= 0.6 is 22.9 Å². The maximum atomic E-state index is 13.5. The van der Waals surface area contributed by atoms with Crippen LogP contribution in [0.5, 0.6) is 0 Å². The third-order valence-electron chi connectivity index (χ3n) is 5.37. The molecular weight excluding hydrogens is 499 g/mol. The fourth-order valence-electron chi connectivity index (χ4n) is 3.63. The van der Waals surface area contributed by atoms with Crippen LogP contribution in [-0.2, 0) is 6.18 Å². The van der Waals surface area contributed by atoms with Crippen molar-refractivity contribution in [2.45, 2.75) is 13.1 Å². The highest BCUT2D eigenvalue weighted by atomic mass is 35.5. The number of nitrogen functional groups attached to an aromatic ring is 1. The van der Waals surface area contributed by atoms with E-state index in [0.29, 0.717) is 44.0 Å². The Morgan fingerprint density at radius 2 is 2.00 bits per heavy atom. The van der Waals surface area contributed by atoms with Crippen molar-refractivity contribution < 1.29 is 18.0 Å². The topological polar surface area (TPSA) is 87.0 Å². The number of fused-ring (bicyclic) bond motifs is 1. The normalized spacial score (nSPS) is 12.0. The molecule has 6 nitrogen and oxygen atoms in total. The van der Waals surface area contributed by atoms with Gasteiger partial charge in [-0.2, -0.15) is 18.3 Å². The number of aromatic nitrogens is 2. The van der Waals surface area contributed by atoms with Gasteiger partial charge in [-0.15, -0.1) is 11.3 Å². The zero-order valence-corrected chi connectivity index (χ0v) is 20.5. The lowest BCUT2D eigenvalue weighted by molar-refractivity contribution is -0.137. The average Bonchev–Trinajstić information content (AvgIpc) is 3.36. The SMILES string of the molecule is Cc1ccc(-c2ccc(Cl)c(C(F)(F)F)c2)c(/C=C\N(C)C)c1NC(=O)c1csc2c(N)n[nH]c12. The zero-order valence-electron chi connectivity index (χ0n) is 18.9. The summed E-state index contributed by atoms with van der Waals surface area (Å²) in [5, 5.41) is 10.9. The summed E-state index contributed by atoms with van der Waals surface area (Å²) >= 11 is 7.12. The number of amides is 1. The van der Waals surface area contributed by atoms with Crippen molar-refractivity contribution >= 4 is 56.6 Å². The molecule has 0 unspecified atom stereocenters. The highest BCUT2D eigenvalue weighted by molar-refractivity contribution is 7.18. The third kappa shape index (κ3) is 4.85. The Hall–Kier alpha value is -3.50. The molecule has 0 spiro atoms. The lowest BCUT2D eigenvalue weighted by Crippen LogP contribution is -2.14. The smallest absolute Gasteiger partial charge is 0.383 e. The summed E-state index contributed by atoms with van der Waals surface area (Å²) in [6.07, 6.45) is -1.10. The van der Waals surface area contributed by atoms with E-state index >= 15 is 0 Å². The standard InChI is InChI=1S/C24H21ClF3N5OS/c1-12-4-6-14(13-5-7-18(25)17(10-13)24(26,27)28)15(8-9-33(2)3)19(12)30-23(34)16-11-35-21-20(16)31-32-22(21)29/h4-11H,1-3H3,(H,30,34)(H3,29,31,32)/b9-8-. The quantitative estimate of drug-likeness (QED) is 0.276. The minimum atomic E-state index is -4.61. The van der Waals surface area contributed by atoms with E-state index < -0.39 is 17.6 Å². The van der Waals surface area contributed by atoms with Crippen molar-refractivity contribution in [3.63, 3.8) is 0 Å². The minimum absolute atomic E-state index is 0.306. The maximum Gasteiger partial charge on any atom is 0.417 e. The predicted molar refractivity (Wildman–Crippen MR) is 136 cm³/mol. The van der Waals surface area contributed by atoms with Gasteiger partial charge < -0.3 is 16.0 Å². The van der Waals surface area contributed by atoms with Crippen LogP contribution in [0.2, 0.25) is 5.02 Å². The fraction of sp³-hybridized carbons (Fsp3) is 0.167. The van der Waals surface area contributed by atoms with Gasteiger partial charge in [-0.3, -0.25) is 9.89 Å². The van der Waals surface area contributed by atoms with Crippen LogP contribution in [0.25, 0.3) is 27.4 Å². The van der Waals surface area contributed by atoms with Gasteiger partial charge in [0.05, 0.1) is 32.1 Å². The van der Waals surface area contributed by atoms with E-state index in [1.807, 2.05) is 21.0 Å². The molecule has 0 aliphatic carbocycles. The number of carbonyl (C=O) groups excluding carboxylic acids is 1. The first-order valence-corrected chi connectivity index (χ1v) is 11.6. The Labute approximate surface area is 208 Å². The van der Waals surface area contributed by atoms with E-state index in [2.05, 4.69) is 15.5 Å². The number of hydrogen-bond donors (Lipinski definition) is 3. The molecule has 0 atom stereocenters. The van der Waals surface area contributed by atoms with E-state index in [1.54, 1.807) is 34.7 Å². The van der Waals surface area contributed by atoms with Crippen LogP contribution in [0.3, 0.4) is 0 Å². The Morgan fingerprint density at radius 1 is 1.26 bits per heavy atom. The second-order valence-corrected chi connectivity index (χ2v) is 9.39. The van der Waals surface area contributed by atoms with Crippen LogP contribution in [0.1, 0.15) is 27.0 Å². The monoisotopic (exact) mass is 519 g/mol. The third-order valence-corrected chi connectivity index (χ3v) is 6.70. The fourth-order valence-corrected chi connectivity index (χ4v) is 4.75.